The summed E-state index contributed by atoms with van der Waals surface area (Å²) in [6.45, 7) is 0. The van der Waals surface area contributed by atoms with Crippen LogP contribution in [0.5, 0.6) is 0 Å². The second kappa shape index (κ2) is 7.49. The lowest BCUT2D eigenvalue weighted by molar-refractivity contribution is -0.255. The number of halogens is 2. The molecule has 0 amide bonds. The number of rotatable bonds is 4. The third kappa shape index (κ3) is 3.80. The third-order valence-electron chi connectivity index (χ3n) is 3.64. The fraction of sp³-hybridized carbons (Fsp3) is 0. The number of carbonyl (C=O) groups excluding carboxylic acids is 1. The highest BCUT2D eigenvalue weighted by molar-refractivity contribution is 6.33. The summed E-state index contributed by atoms with van der Waals surface area (Å²) in [7, 11) is 0. The summed E-state index contributed by atoms with van der Waals surface area (Å²) in [4.78, 5) is 11.0. The number of benzene rings is 2. The molecule has 0 radical (unpaired) electrons. The highest BCUT2D eigenvalue weighted by atomic mass is 35.5. The Kier molecular flexibility index (Phi) is 5.13. The topological polar surface area (TPSA) is 77.1 Å². The zero-order chi connectivity index (χ0) is 18.7. The predicted molar refractivity (Wildman–Crippen MR) is 98.4 cm³/mol. The van der Waals surface area contributed by atoms with E-state index in [2.05, 4.69) is 6.07 Å². The van der Waals surface area contributed by atoms with Gasteiger partial charge in [-0.3, -0.25) is 0 Å². The molecule has 0 unspecified atom stereocenters. The van der Waals surface area contributed by atoms with Gasteiger partial charge in [0.05, 0.1) is 22.6 Å². The number of carbonyl (C=O) groups is 1. The van der Waals surface area contributed by atoms with Crippen LogP contribution in [0.3, 0.4) is 0 Å². The third-order valence-corrected chi connectivity index (χ3v) is 4.20. The van der Waals surface area contributed by atoms with Gasteiger partial charge < -0.3 is 14.3 Å². The van der Waals surface area contributed by atoms with Crippen molar-refractivity contribution in [2.75, 3.05) is 0 Å². The molecular formula is C20H10Cl2NO3-. The van der Waals surface area contributed by atoms with Crippen molar-refractivity contribution < 1.29 is 14.3 Å². The van der Waals surface area contributed by atoms with E-state index in [1.807, 2.05) is 0 Å². The Labute approximate surface area is 159 Å². The number of hydrogen-bond acceptors (Lipinski definition) is 4. The first-order valence-corrected chi connectivity index (χ1v) is 8.22. The van der Waals surface area contributed by atoms with E-state index in [1.165, 1.54) is 18.2 Å². The largest absolute Gasteiger partial charge is 0.545 e. The van der Waals surface area contributed by atoms with Gasteiger partial charge in [0.15, 0.2) is 0 Å². The molecule has 3 rings (SSSR count). The molecule has 3 aromatic rings. The Hall–Kier alpha value is -3.00. The van der Waals surface area contributed by atoms with Crippen molar-refractivity contribution in [1.82, 2.24) is 0 Å². The van der Waals surface area contributed by atoms with Gasteiger partial charge in [-0.15, -0.1) is 0 Å². The van der Waals surface area contributed by atoms with E-state index in [-0.39, 0.29) is 5.56 Å². The number of carboxylic acid groups (broad SMARTS) is 1. The Morgan fingerprint density at radius 3 is 2.58 bits per heavy atom. The molecule has 0 saturated heterocycles. The lowest BCUT2D eigenvalue weighted by Crippen LogP contribution is -2.22. The van der Waals surface area contributed by atoms with Gasteiger partial charge in [0.2, 0.25) is 0 Å². The fourth-order valence-electron chi connectivity index (χ4n) is 2.39. The van der Waals surface area contributed by atoms with Crippen LogP contribution in [0.4, 0.5) is 0 Å². The normalized spacial score (nSPS) is 11.2. The highest BCUT2D eigenvalue weighted by Gasteiger charge is 2.11. The lowest BCUT2D eigenvalue weighted by Gasteiger charge is -2.06. The van der Waals surface area contributed by atoms with Crippen LogP contribution in [-0.2, 0) is 0 Å². The van der Waals surface area contributed by atoms with Crippen LogP contribution in [0.25, 0.3) is 23.0 Å². The Balaban J connectivity index is 1.99. The number of nitrogens with zero attached hydrogens (tertiary/aromatic N) is 1. The molecule has 6 heteroatoms. The molecule has 1 heterocycles. The zero-order valence-electron chi connectivity index (χ0n) is 13.2. The maximum Gasteiger partial charge on any atom is 0.136 e. The van der Waals surface area contributed by atoms with Crippen LogP contribution in [0.2, 0.25) is 10.0 Å². The summed E-state index contributed by atoms with van der Waals surface area (Å²) >= 11 is 12.1. The minimum atomic E-state index is -1.30. The highest BCUT2D eigenvalue weighted by Crippen LogP contribution is 2.31. The quantitative estimate of drug-likeness (QED) is 0.613. The number of carboxylic acids is 1. The van der Waals surface area contributed by atoms with Crippen molar-refractivity contribution in [2.45, 2.75) is 0 Å². The number of furan rings is 1. The van der Waals surface area contributed by atoms with Crippen LogP contribution in [0.1, 0.15) is 21.7 Å². The monoisotopic (exact) mass is 382 g/mol. The van der Waals surface area contributed by atoms with Gasteiger partial charge in [-0.05, 0) is 53.6 Å². The van der Waals surface area contributed by atoms with Crippen molar-refractivity contribution in [2.24, 2.45) is 0 Å². The average molecular weight is 383 g/mol. The molecule has 0 spiro atoms. The summed E-state index contributed by atoms with van der Waals surface area (Å²) in [5.74, 6) is -0.499. The van der Waals surface area contributed by atoms with E-state index in [0.717, 1.165) is 0 Å². The summed E-state index contributed by atoms with van der Waals surface area (Å²) in [5.41, 5.74) is 1.46. The first-order chi connectivity index (χ1) is 12.5. The van der Waals surface area contributed by atoms with E-state index in [0.29, 0.717) is 38.3 Å². The van der Waals surface area contributed by atoms with Gasteiger partial charge in [0.25, 0.3) is 0 Å². The summed E-state index contributed by atoms with van der Waals surface area (Å²) in [5, 5.41) is 21.3. The number of hydrogen-bond donors (Lipinski definition) is 0. The van der Waals surface area contributed by atoms with E-state index < -0.39 is 5.97 Å². The van der Waals surface area contributed by atoms with Crippen LogP contribution in [0.15, 0.2) is 59.0 Å². The maximum atomic E-state index is 11.0. The van der Waals surface area contributed by atoms with Crippen molar-refractivity contribution in [3.63, 3.8) is 0 Å². The molecule has 0 aliphatic heterocycles. The number of aromatic carboxylic acids is 1. The number of allylic oxidation sites excluding steroid dienone is 1. The van der Waals surface area contributed by atoms with Gasteiger partial charge in [0.1, 0.15) is 11.5 Å². The van der Waals surface area contributed by atoms with E-state index in [1.54, 1.807) is 42.5 Å². The summed E-state index contributed by atoms with van der Waals surface area (Å²) < 4.78 is 5.71. The predicted octanol–water partition coefficient (Wildman–Crippen LogP) is 4.68. The van der Waals surface area contributed by atoms with E-state index in [4.69, 9.17) is 27.6 Å². The SMILES string of the molecule is N#C/C(=C\c1ccc(-c2cc(C(=O)[O-])ccc2Cl)o1)c1cccc(Cl)c1. The second-order valence-corrected chi connectivity index (χ2v) is 6.21. The Morgan fingerprint density at radius 1 is 1.08 bits per heavy atom. The first kappa shape index (κ1) is 17.8. The molecule has 1 aromatic heterocycles. The minimum absolute atomic E-state index is 0.00506. The van der Waals surface area contributed by atoms with Crippen LogP contribution in [0, 0.1) is 11.3 Å². The Bertz CT molecular complexity index is 1060. The molecule has 26 heavy (non-hydrogen) atoms. The molecular weight excluding hydrogens is 373 g/mol. The number of nitriles is 1. The molecule has 0 saturated carbocycles. The van der Waals surface area contributed by atoms with Crippen molar-refractivity contribution in [3.8, 4) is 17.4 Å². The lowest BCUT2D eigenvalue weighted by atomic mass is 10.1. The molecule has 4 nitrogen and oxygen atoms in total. The van der Waals surface area contributed by atoms with Crippen LogP contribution < -0.4 is 5.11 Å². The maximum absolute atomic E-state index is 11.0. The van der Waals surface area contributed by atoms with Crippen molar-refractivity contribution in [1.29, 1.82) is 5.26 Å². The molecule has 0 N–H and O–H groups in total. The first-order valence-electron chi connectivity index (χ1n) is 7.47. The van der Waals surface area contributed by atoms with Crippen LogP contribution in [-0.4, -0.2) is 5.97 Å². The van der Waals surface area contributed by atoms with Crippen molar-refractivity contribution in [3.05, 3.63) is 81.5 Å². The molecule has 0 bridgehead atoms. The van der Waals surface area contributed by atoms with Gasteiger partial charge >= 0.3 is 0 Å². The average Bonchev–Trinajstić information content (AvgIpc) is 3.08. The van der Waals surface area contributed by atoms with Gasteiger partial charge in [-0.2, -0.15) is 5.26 Å². The van der Waals surface area contributed by atoms with Gasteiger partial charge in [-0.25, -0.2) is 0 Å². The van der Waals surface area contributed by atoms with Gasteiger partial charge in [-0.1, -0.05) is 41.4 Å². The summed E-state index contributed by atoms with van der Waals surface area (Å²) in [6, 6.07) is 16.6. The molecule has 0 aliphatic rings. The van der Waals surface area contributed by atoms with E-state index in [9.17, 15) is 15.2 Å². The molecule has 0 aliphatic carbocycles. The molecule has 2 aromatic carbocycles. The van der Waals surface area contributed by atoms with Crippen LogP contribution >= 0.6 is 23.2 Å². The molecule has 0 atom stereocenters. The fourth-order valence-corrected chi connectivity index (χ4v) is 2.80. The molecule has 0 fully saturated rings. The summed E-state index contributed by atoms with van der Waals surface area (Å²) in [6.07, 6.45) is 1.58. The Morgan fingerprint density at radius 2 is 1.88 bits per heavy atom. The van der Waals surface area contributed by atoms with E-state index >= 15 is 0 Å². The van der Waals surface area contributed by atoms with Crippen molar-refractivity contribution >= 4 is 40.8 Å². The standard InChI is InChI=1S/C20H11Cl2NO3/c21-15-3-1-2-12(8-15)14(11-23)9-16-5-7-19(26-16)17-10-13(20(24)25)4-6-18(17)22/h1-10H,(H,24,25)/p-1/b14-9+. The smallest absolute Gasteiger partial charge is 0.136 e. The molecule has 128 valence electrons. The minimum Gasteiger partial charge on any atom is -0.545 e. The zero-order valence-corrected chi connectivity index (χ0v) is 14.7. The van der Waals surface area contributed by atoms with Gasteiger partial charge in [0, 0.05) is 10.6 Å². The second-order valence-electron chi connectivity index (χ2n) is 5.36.